The van der Waals surface area contributed by atoms with Gasteiger partial charge in [0, 0.05) is 37.9 Å². The van der Waals surface area contributed by atoms with Crippen molar-refractivity contribution < 1.29 is 39.9 Å². The summed E-state index contributed by atoms with van der Waals surface area (Å²) >= 11 is 0. The zero-order chi connectivity index (χ0) is 27.3. The van der Waals surface area contributed by atoms with Crippen LogP contribution in [0.25, 0.3) is 5.76 Å². The molecule has 1 amide bonds. The van der Waals surface area contributed by atoms with E-state index in [-0.39, 0.29) is 48.7 Å². The lowest BCUT2D eigenvalue weighted by molar-refractivity contribution is -0.153. The lowest BCUT2D eigenvalue weighted by Gasteiger charge is -2.50. The number of phenols is 1. The second-order valence-electron chi connectivity index (χ2n) is 9.63. The Bertz CT molecular complexity index is 1190. The maximum absolute atomic E-state index is 13.7. The smallest absolute Gasteiger partial charge is 0.255 e. The third-order valence-electron chi connectivity index (χ3n) is 7.06. The fraction of sp³-hybridized carbons (Fsp3) is 0.480. The fourth-order valence-corrected chi connectivity index (χ4v) is 5.65. The normalized spacial score (nSPS) is 26.4. The molecule has 1 fully saturated rings. The first kappa shape index (κ1) is 30.1. The van der Waals surface area contributed by atoms with Crippen LogP contribution in [0.4, 0.5) is 5.69 Å². The summed E-state index contributed by atoms with van der Waals surface area (Å²) in [5.41, 5.74) is 3.15. The molecule has 11 nitrogen and oxygen atoms in total. The van der Waals surface area contributed by atoms with Gasteiger partial charge in [-0.3, -0.25) is 19.3 Å². The molecule has 0 radical (unpaired) electrons. The number of phenolic OH excluding ortho intramolecular Hbond substituents is 1. The van der Waals surface area contributed by atoms with Crippen LogP contribution in [0.2, 0.25) is 0 Å². The molecule has 0 heterocycles. The number of Topliss-reactive ketones (excluding diaryl/α,β-unsaturated/α-hetero) is 2. The number of aliphatic hydroxyl groups excluding tert-OH is 3. The van der Waals surface area contributed by atoms with Crippen molar-refractivity contribution in [2.45, 2.75) is 31.4 Å². The summed E-state index contributed by atoms with van der Waals surface area (Å²) in [6, 6.07) is 2.01. The Morgan fingerprint density at radius 1 is 1.14 bits per heavy atom. The first-order chi connectivity index (χ1) is 16.7. The molecule has 0 spiro atoms. The number of amides is 1. The number of hydrogen-bond acceptors (Lipinski definition) is 10. The van der Waals surface area contributed by atoms with E-state index >= 15 is 0 Å². The van der Waals surface area contributed by atoms with E-state index in [1.54, 1.807) is 27.1 Å². The van der Waals surface area contributed by atoms with E-state index in [0.717, 1.165) is 5.69 Å². The summed E-state index contributed by atoms with van der Waals surface area (Å²) in [5, 5.41) is 51.5. The van der Waals surface area contributed by atoms with E-state index in [4.69, 9.17) is 10.8 Å². The number of rotatable bonds is 3. The van der Waals surface area contributed by atoms with Crippen LogP contribution >= 0.6 is 12.4 Å². The highest BCUT2D eigenvalue weighted by Crippen LogP contribution is 2.53. The van der Waals surface area contributed by atoms with E-state index in [9.17, 15) is 34.8 Å². The van der Waals surface area contributed by atoms with Gasteiger partial charge in [-0.15, -0.1) is 12.4 Å². The van der Waals surface area contributed by atoms with Crippen LogP contribution in [-0.4, -0.2) is 94.3 Å². The van der Waals surface area contributed by atoms with Crippen molar-refractivity contribution >= 4 is 41.3 Å². The van der Waals surface area contributed by atoms with E-state index in [0.29, 0.717) is 5.56 Å². The van der Waals surface area contributed by atoms with Gasteiger partial charge in [0.1, 0.15) is 22.8 Å². The standard InChI is InChI=1S/C23H27N3O7.C2H6O.ClH/c1-25(2)12-5-6-13(27)15-10(12)7-9-8-11-17(26(3)4)19(29)16(22(24)32)21(31)23(11,33)20(30)14(9)18(15)28;1-2-3;/h5-6,9,11,17,27-28,31,33H,7-8H2,1-4H3,(H2,24,32);3H,2H2,1H3;1H/t9-,11-,17-,23-;;/m0../s1. The molecule has 1 aromatic rings. The Morgan fingerprint density at radius 2 is 1.70 bits per heavy atom. The Labute approximate surface area is 220 Å². The number of aliphatic hydroxyl groups is 4. The molecule has 0 aliphatic heterocycles. The van der Waals surface area contributed by atoms with Crippen molar-refractivity contribution in [2.24, 2.45) is 17.6 Å². The second-order valence-corrected chi connectivity index (χ2v) is 9.63. The number of fused-ring (bicyclic) bond motifs is 3. The molecule has 3 aliphatic carbocycles. The highest BCUT2D eigenvalue weighted by Gasteiger charge is 2.64. The van der Waals surface area contributed by atoms with Gasteiger partial charge < -0.3 is 36.2 Å². The first-order valence-corrected chi connectivity index (χ1v) is 11.5. The molecule has 4 rings (SSSR count). The van der Waals surface area contributed by atoms with Crippen LogP contribution in [0.5, 0.6) is 5.75 Å². The Kier molecular flexibility index (Phi) is 8.71. The van der Waals surface area contributed by atoms with Gasteiger partial charge in [0.2, 0.25) is 5.78 Å². The average Bonchev–Trinajstić information content (AvgIpc) is 2.76. The summed E-state index contributed by atoms with van der Waals surface area (Å²) in [6.07, 6.45) is 0.324. The van der Waals surface area contributed by atoms with Gasteiger partial charge in [-0.25, -0.2) is 0 Å². The predicted octanol–water partition coefficient (Wildman–Crippen LogP) is 0.450. The summed E-state index contributed by atoms with van der Waals surface area (Å²) in [6.45, 7) is 1.93. The molecule has 0 saturated heterocycles. The highest BCUT2D eigenvalue weighted by atomic mass is 35.5. The van der Waals surface area contributed by atoms with Crippen molar-refractivity contribution in [2.75, 3.05) is 39.7 Å². The number of carbonyl (C=O) groups is 3. The number of aromatic hydroxyl groups is 1. The molecule has 12 heteroatoms. The fourth-order valence-electron chi connectivity index (χ4n) is 5.65. The number of nitrogens with zero attached hydrogens (tertiary/aromatic N) is 2. The first-order valence-electron chi connectivity index (χ1n) is 11.5. The minimum atomic E-state index is -2.63. The second kappa shape index (κ2) is 10.7. The number of hydrogen-bond donors (Lipinski definition) is 6. The molecule has 4 atom stereocenters. The molecule has 1 aromatic carbocycles. The number of nitrogens with two attached hydrogens (primary N) is 1. The monoisotopic (exact) mass is 539 g/mol. The summed E-state index contributed by atoms with van der Waals surface area (Å²) in [4.78, 5) is 42.0. The van der Waals surface area contributed by atoms with Gasteiger partial charge >= 0.3 is 0 Å². The van der Waals surface area contributed by atoms with Crippen LogP contribution in [0.3, 0.4) is 0 Å². The molecule has 0 unspecified atom stereocenters. The maximum atomic E-state index is 13.7. The lowest BCUT2D eigenvalue weighted by Crippen LogP contribution is -2.65. The molecule has 3 aliphatic rings. The maximum Gasteiger partial charge on any atom is 0.255 e. The van der Waals surface area contributed by atoms with E-state index in [2.05, 4.69) is 0 Å². The summed E-state index contributed by atoms with van der Waals surface area (Å²) < 4.78 is 0. The van der Waals surface area contributed by atoms with Crippen LogP contribution in [0, 0.1) is 11.8 Å². The number of halogens is 1. The number of anilines is 1. The molecule has 7 N–H and O–H groups in total. The zero-order valence-electron chi connectivity index (χ0n) is 21.3. The third-order valence-corrected chi connectivity index (χ3v) is 7.06. The largest absolute Gasteiger partial charge is 0.508 e. The molecular formula is C25H34ClN3O8. The van der Waals surface area contributed by atoms with Crippen LogP contribution in [0.1, 0.15) is 24.5 Å². The molecule has 0 aromatic heterocycles. The van der Waals surface area contributed by atoms with Crippen molar-refractivity contribution in [3.63, 3.8) is 0 Å². The number of benzene rings is 1. The van der Waals surface area contributed by atoms with Crippen LogP contribution in [0.15, 0.2) is 29.0 Å². The lowest BCUT2D eigenvalue weighted by atomic mass is 9.57. The molecule has 204 valence electrons. The minimum absolute atomic E-state index is 0. The van der Waals surface area contributed by atoms with Crippen molar-refractivity contribution in [1.82, 2.24) is 4.90 Å². The molecule has 0 bridgehead atoms. The Balaban J connectivity index is 0.00000115. The van der Waals surface area contributed by atoms with Crippen LogP contribution in [-0.2, 0) is 20.8 Å². The Hall–Kier alpha value is -3.12. The quantitative estimate of drug-likeness (QED) is 0.295. The van der Waals surface area contributed by atoms with Crippen molar-refractivity contribution in [1.29, 1.82) is 0 Å². The van der Waals surface area contributed by atoms with Crippen LogP contribution < -0.4 is 10.6 Å². The van der Waals surface area contributed by atoms with Gasteiger partial charge in [0.05, 0.1) is 11.6 Å². The van der Waals surface area contributed by atoms with Crippen molar-refractivity contribution in [3.8, 4) is 5.75 Å². The summed E-state index contributed by atoms with van der Waals surface area (Å²) in [7, 11) is 6.75. The number of carbonyl (C=O) groups excluding carboxylic acids is 3. The Morgan fingerprint density at radius 3 is 2.19 bits per heavy atom. The van der Waals surface area contributed by atoms with Gasteiger partial charge in [0.15, 0.2) is 11.4 Å². The van der Waals surface area contributed by atoms with E-state index in [1.165, 1.54) is 11.0 Å². The number of primary amides is 1. The zero-order valence-corrected chi connectivity index (χ0v) is 22.2. The van der Waals surface area contributed by atoms with Gasteiger partial charge in [0.25, 0.3) is 5.91 Å². The van der Waals surface area contributed by atoms with Gasteiger partial charge in [-0.05, 0) is 57.5 Å². The van der Waals surface area contributed by atoms with E-state index in [1.807, 2.05) is 19.0 Å². The molecule has 1 saturated carbocycles. The highest BCUT2D eigenvalue weighted by molar-refractivity contribution is 6.24. The topological polar surface area (TPSA) is 185 Å². The predicted molar refractivity (Wildman–Crippen MR) is 139 cm³/mol. The third kappa shape index (κ3) is 4.46. The summed E-state index contributed by atoms with van der Waals surface area (Å²) in [5.74, 6) is -6.54. The number of likely N-dealkylation sites (N-methyl/N-ethyl adjacent to an activating group) is 1. The minimum Gasteiger partial charge on any atom is -0.508 e. The van der Waals surface area contributed by atoms with Gasteiger partial charge in [-0.1, -0.05) is 0 Å². The molecular weight excluding hydrogens is 506 g/mol. The van der Waals surface area contributed by atoms with Gasteiger partial charge in [-0.2, -0.15) is 0 Å². The molecule has 37 heavy (non-hydrogen) atoms. The van der Waals surface area contributed by atoms with Crippen molar-refractivity contribution in [3.05, 3.63) is 40.2 Å². The van der Waals surface area contributed by atoms with E-state index < -0.39 is 58.0 Å². The number of ketones is 2. The SMILES string of the molecule is CCO.CN(C)c1ccc(O)c2c1C[C@H]1C[C@H]3[C@H](N(C)C)C(=O)C(C(N)=O)=C(O)[C@@]3(O)C(=O)C1=C2O.Cl. The average molecular weight is 540 g/mol.